The van der Waals surface area contributed by atoms with Crippen molar-refractivity contribution in [3.63, 3.8) is 0 Å². The Bertz CT molecular complexity index is 820. The monoisotopic (exact) mass is 390 g/mol. The molecule has 0 atom stereocenters. The number of halogens is 3. The summed E-state index contributed by atoms with van der Waals surface area (Å²) in [5.74, 6) is -0.377. The normalized spacial score (nSPS) is 20.7. The van der Waals surface area contributed by atoms with Gasteiger partial charge in [0.15, 0.2) is 9.84 Å². The van der Waals surface area contributed by atoms with Crippen LogP contribution in [0.25, 0.3) is 0 Å². The molecule has 1 saturated heterocycles. The molecule has 5 nitrogen and oxygen atoms in total. The summed E-state index contributed by atoms with van der Waals surface area (Å²) in [6.07, 6.45) is -4.54. The number of carbonyl (C=O) groups excluding carboxylic acids is 1. The molecule has 3 rings (SSSR count). The predicted octanol–water partition coefficient (Wildman–Crippen LogP) is 2.30. The summed E-state index contributed by atoms with van der Waals surface area (Å²) in [4.78, 5) is 15.7. The molecule has 9 heteroatoms. The lowest BCUT2D eigenvalue weighted by Gasteiger charge is -2.27. The first kappa shape index (κ1) is 19.2. The van der Waals surface area contributed by atoms with Crippen LogP contribution in [0.2, 0.25) is 0 Å². The van der Waals surface area contributed by atoms with Gasteiger partial charge in [0, 0.05) is 37.8 Å². The maximum Gasteiger partial charge on any atom is 0.416 e. The van der Waals surface area contributed by atoms with Gasteiger partial charge in [-0.2, -0.15) is 13.2 Å². The molecular weight excluding hydrogens is 369 g/mol. The highest BCUT2D eigenvalue weighted by atomic mass is 32.2. The minimum absolute atomic E-state index is 0.00409. The summed E-state index contributed by atoms with van der Waals surface area (Å²) in [7, 11) is -3.06. The second-order valence-electron chi connectivity index (χ2n) is 7.12. The van der Waals surface area contributed by atoms with Crippen molar-refractivity contribution in [2.24, 2.45) is 0 Å². The summed E-state index contributed by atoms with van der Waals surface area (Å²) in [5, 5.41) is 0. The molecule has 1 amide bonds. The number of amides is 1. The van der Waals surface area contributed by atoms with E-state index in [0.29, 0.717) is 5.56 Å². The first-order valence-electron chi connectivity index (χ1n) is 8.44. The van der Waals surface area contributed by atoms with Gasteiger partial charge in [-0.1, -0.05) is 0 Å². The van der Waals surface area contributed by atoms with Crippen LogP contribution in [-0.2, 0) is 29.1 Å². The minimum atomic E-state index is -4.54. The average molecular weight is 390 g/mol. The third kappa shape index (κ3) is 3.73. The number of alkyl halides is 3. The van der Waals surface area contributed by atoms with Crippen molar-refractivity contribution < 1.29 is 26.4 Å². The molecule has 0 N–H and O–H groups in total. The van der Waals surface area contributed by atoms with E-state index in [2.05, 4.69) is 0 Å². The fourth-order valence-electron chi connectivity index (χ4n) is 3.42. The van der Waals surface area contributed by atoms with Crippen LogP contribution in [0.15, 0.2) is 12.1 Å². The number of benzene rings is 1. The van der Waals surface area contributed by atoms with Gasteiger partial charge in [0.25, 0.3) is 5.91 Å². The molecule has 26 heavy (non-hydrogen) atoms. The maximum atomic E-state index is 13.5. The van der Waals surface area contributed by atoms with E-state index >= 15 is 0 Å². The fraction of sp³-hybridized carbons (Fsp3) is 0.588. The van der Waals surface area contributed by atoms with Gasteiger partial charge in [-0.3, -0.25) is 9.69 Å². The van der Waals surface area contributed by atoms with Crippen molar-refractivity contribution in [3.05, 3.63) is 34.4 Å². The summed E-state index contributed by atoms with van der Waals surface area (Å²) >= 11 is 0. The van der Waals surface area contributed by atoms with Gasteiger partial charge in [-0.05, 0) is 37.1 Å². The van der Waals surface area contributed by atoms with Gasteiger partial charge >= 0.3 is 6.18 Å². The van der Waals surface area contributed by atoms with Crippen LogP contribution in [0.5, 0.6) is 0 Å². The molecule has 2 aliphatic heterocycles. The van der Waals surface area contributed by atoms with E-state index in [-0.39, 0.29) is 60.8 Å². The molecule has 0 spiro atoms. The molecule has 2 heterocycles. The quantitative estimate of drug-likeness (QED) is 0.795. The Morgan fingerprint density at radius 1 is 1.15 bits per heavy atom. The van der Waals surface area contributed by atoms with Gasteiger partial charge in [0.05, 0.1) is 17.1 Å². The number of hydrogen-bond acceptors (Lipinski definition) is 4. The molecule has 0 aliphatic carbocycles. The van der Waals surface area contributed by atoms with E-state index in [0.717, 1.165) is 6.07 Å². The topological polar surface area (TPSA) is 57.7 Å². The zero-order chi connectivity index (χ0) is 19.3. The molecule has 144 valence electrons. The van der Waals surface area contributed by atoms with Crippen LogP contribution in [0.4, 0.5) is 13.2 Å². The Balaban J connectivity index is 1.93. The zero-order valence-electron chi connectivity index (χ0n) is 14.6. The average Bonchev–Trinajstić information content (AvgIpc) is 2.85. The van der Waals surface area contributed by atoms with Gasteiger partial charge in [0.2, 0.25) is 0 Å². The van der Waals surface area contributed by atoms with Crippen LogP contribution in [-0.4, -0.2) is 54.8 Å². The van der Waals surface area contributed by atoms with Crippen LogP contribution >= 0.6 is 0 Å². The van der Waals surface area contributed by atoms with E-state index in [9.17, 15) is 26.4 Å². The van der Waals surface area contributed by atoms with Gasteiger partial charge in [-0.15, -0.1) is 0 Å². The predicted molar refractivity (Wildman–Crippen MR) is 90.4 cm³/mol. The summed E-state index contributed by atoms with van der Waals surface area (Å²) in [6, 6.07) is 2.43. The summed E-state index contributed by atoms with van der Waals surface area (Å²) in [6.45, 7) is 4.27. The van der Waals surface area contributed by atoms with Crippen molar-refractivity contribution in [2.75, 3.05) is 24.6 Å². The zero-order valence-corrected chi connectivity index (χ0v) is 15.5. The van der Waals surface area contributed by atoms with Crippen LogP contribution < -0.4 is 0 Å². The first-order valence-corrected chi connectivity index (χ1v) is 10.3. The van der Waals surface area contributed by atoms with E-state index < -0.39 is 21.6 Å². The third-order valence-corrected chi connectivity index (χ3v) is 6.51. The molecule has 2 aliphatic rings. The number of carbonyl (C=O) groups is 1. The second-order valence-corrected chi connectivity index (χ2v) is 9.43. The number of nitrogens with zero attached hydrogens (tertiary/aromatic N) is 2. The highest BCUT2D eigenvalue weighted by molar-refractivity contribution is 7.91. The lowest BCUT2D eigenvalue weighted by Crippen LogP contribution is -2.39. The lowest BCUT2D eigenvalue weighted by atomic mass is 9.98. The fourth-order valence-corrected chi connectivity index (χ4v) is 4.69. The van der Waals surface area contributed by atoms with Crippen molar-refractivity contribution in [2.45, 2.75) is 39.2 Å². The van der Waals surface area contributed by atoms with E-state index in [1.807, 2.05) is 4.90 Å². The standard InChI is InChI=1S/C17H21F3N2O3S/c1-11(2)22-10-14-13(16(22)23)7-12(8-15(14)17(18,19)20)9-21-3-5-26(24,25)6-4-21/h7-8,11H,3-6,9-10H2,1-2H3. The van der Waals surface area contributed by atoms with Crippen LogP contribution in [0, 0.1) is 0 Å². The summed E-state index contributed by atoms with van der Waals surface area (Å²) in [5.41, 5.74) is -0.255. The Morgan fingerprint density at radius 3 is 2.31 bits per heavy atom. The Labute approximate surface area is 150 Å². The molecule has 0 bridgehead atoms. The van der Waals surface area contributed by atoms with Crippen molar-refractivity contribution in [3.8, 4) is 0 Å². The molecule has 0 saturated carbocycles. The molecule has 0 aromatic heterocycles. The second kappa shape index (κ2) is 6.53. The largest absolute Gasteiger partial charge is 0.416 e. The Morgan fingerprint density at radius 2 is 1.77 bits per heavy atom. The first-order chi connectivity index (χ1) is 12.0. The van der Waals surface area contributed by atoms with E-state index in [4.69, 9.17) is 0 Å². The summed E-state index contributed by atoms with van der Waals surface area (Å²) < 4.78 is 63.6. The van der Waals surface area contributed by atoms with Crippen molar-refractivity contribution in [1.82, 2.24) is 9.80 Å². The smallest absolute Gasteiger partial charge is 0.332 e. The SMILES string of the molecule is CC(C)N1Cc2c(cc(CN3CCS(=O)(=O)CC3)cc2C(F)(F)F)C1=O. The van der Waals surface area contributed by atoms with Crippen molar-refractivity contribution >= 4 is 15.7 Å². The van der Waals surface area contributed by atoms with E-state index in [1.54, 1.807) is 13.8 Å². The highest BCUT2D eigenvalue weighted by Crippen LogP contribution is 2.38. The van der Waals surface area contributed by atoms with Gasteiger partial charge in [-0.25, -0.2) is 8.42 Å². The number of fused-ring (bicyclic) bond motifs is 1. The molecule has 0 radical (unpaired) electrons. The number of rotatable bonds is 3. The molecule has 1 aromatic carbocycles. The van der Waals surface area contributed by atoms with E-state index in [1.165, 1.54) is 11.0 Å². The number of sulfone groups is 1. The molecule has 1 fully saturated rings. The molecule has 0 unspecified atom stereocenters. The van der Waals surface area contributed by atoms with Crippen LogP contribution in [0.1, 0.15) is 40.9 Å². The highest BCUT2D eigenvalue weighted by Gasteiger charge is 2.40. The van der Waals surface area contributed by atoms with Gasteiger partial charge in [0.1, 0.15) is 0 Å². The third-order valence-electron chi connectivity index (χ3n) is 4.90. The van der Waals surface area contributed by atoms with Crippen molar-refractivity contribution in [1.29, 1.82) is 0 Å². The lowest BCUT2D eigenvalue weighted by molar-refractivity contribution is -0.138. The molecular formula is C17H21F3N2O3S. The Kier molecular flexibility index (Phi) is 4.81. The maximum absolute atomic E-state index is 13.5. The minimum Gasteiger partial charge on any atom is -0.332 e. The van der Waals surface area contributed by atoms with Gasteiger partial charge < -0.3 is 4.90 Å². The molecule has 1 aromatic rings. The Hall–Kier alpha value is -1.61. The van der Waals surface area contributed by atoms with Crippen LogP contribution in [0.3, 0.4) is 0 Å². The number of hydrogen-bond donors (Lipinski definition) is 0.